The van der Waals surface area contributed by atoms with E-state index < -0.39 is 0 Å². The monoisotopic (exact) mass is 358 g/mol. The van der Waals surface area contributed by atoms with Gasteiger partial charge in [0.2, 0.25) is 0 Å². The molecule has 0 atom stereocenters. The Morgan fingerprint density at radius 3 is 1.18 bits per heavy atom. The molecular weight excluding hydrogens is 345 g/mol. The van der Waals surface area contributed by atoms with Crippen LogP contribution in [0.3, 0.4) is 0 Å². The fourth-order valence-corrected chi connectivity index (χ4v) is 0.671. The van der Waals surface area contributed by atoms with Crippen LogP contribution in [0.5, 0.6) is 0 Å². The molecule has 0 saturated heterocycles. The average Bonchev–Trinajstić information content (AvgIpc) is 1.93. The van der Waals surface area contributed by atoms with Crippen molar-refractivity contribution >= 4 is 40.6 Å². The van der Waals surface area contributed by atoms with Crippen LogP contribution in [0.15, 0.2) is 0 Å². The summed E-state index contributed by atoms with van der Waals surface area (Å²) in [5, 5.41) is 0. The average molecular weight is 361 g/mol. The second-order valence-corrected chi connectivity index (χ2v) is 6.41. The van der Waals surface area contributed by atoms with Gasteiger partial charge in [-0.2, -0.15) is 0 Å². The van der Waals surface area contributed by atoms with Gasteiger partial charge in [0.25, 0.3) is 0 Å². The normalized spacial score (nSPS) is 8.55. The van der Waals surface area contributed by atoms with Gasteiger partial charge in [-0.15, -0.1) is 12.4 Å². The van der Waals surface area contributed by atoms with Crippen molar-refractivity contribution in [1.29, 1.82) is 0 Å². The second-order valence-electron chi connectivity index (χ2n) is 1.66. The number of rotatable bonds is 3. The molecule has 5 heteroatoms. The molecule has 0 N–H and O–H groups in total. The summed E-state index contributed by atoms with van der Waals surface area (Å²) in [4.78, 5) is 2.38. The molecule has 77 valence electrons. The molecule has 0 amide bonds. The van der Waals surface area contributed by atoms with E-state index in [4.69, 9.17) is 0 Å². The van der Waals surface area contributed by atoms with Gasteiger partial charge in [-0.1, -0.05) is 20.8 Å². The van der Waals surface area contributed by atoms with Gasteiger partial charge >= 0.3 is 39.6 Å². The summed E-state index contributed by atoms with van der Waals surface area (Å²) < 4.78 is 0. The molecule has 0 aliphatic carbocycles. The molecule has 0 radical (unpaired) electrons. The molecule has 0 bridgehead atoms. The van der Waals surface area contributed by atoms with Gasteiger partial charge in [0.05, 0.1) is 0 Å². The zero-order valence-electron chi connectivity index (χ0n) is 7.03. The molecule has 0 aromatic heterocycles. The Kier molecular flexibility index (Phi) is 29.8. The molecule has 1 nitrogen and oxygen atoms in total. The van der Waals surface area contributed by atoms with Crippen molar-refractivity contribution < 1.29 is 11.3 Å². The zero-order chi connectivity index (χ0) is 8.41. The second kappa shape index (κ2) is 17.7. The van der Waals surface area contributed by atoms with Crippen molar-refractivity contribution in [3.63, 3.8) is 0 Å². The van der Waals surface area contributed by atoms with Crippen molar-refractivity contribution in [3.8, 4) is 0 Å². The molecular formula is C6H16Br2ClCuN. The Labute approximate surface area is 96.6 Å². The van der Waals surface area contributed by atoms with Crippen LogP contribution in [-0.4, -0.2) is 24.5 Å². The van der Waals surface area contributed by atoms with Crippen molar-refractivity contribution in [1.82, 2.24) is 4.90 Å². The predicted octanol–water partition coefficient (Wildman–Crippen LogP) is 3.46. The fourth-order valence-electron chi connectivity index (χ4n) is 0.671. The van der Waals surface area contributed by atoms with Crippen LogP contribution in [0.4, 0.5) is 0 Å². The first kappa shape index (κ1) is 18.5. The SMILES string of the molecule is CCN(CC)CC.Cl.[Br][Cu][Br]. The molecule has 0 aliphatic heterocycles. The Balaban J connectivity index is -0.000000140. The Bertz CT molecular complexity index is 50.3. The molecule has 0 spiro atoms. The maximum absolute atomic E-state index is 2.97. The van der Waals surface area contributed by atoms with E-state index in [1.807, 2.05) is 0 Å². The van der Waals surface area contributed by atoms with Crippen LogP contribution in [-0.2, 0) is 11.3 Å². The third kappa shape index (κ3) is 18.6. The first-order valence-corrected chi connectivity index (χ1v) is 7.95. The van der Waals surface area contributed by atoms with Gasteiger partial charge in [-0.25, -0.2) is 0 Å². The van der Waals surface area contributed by atoms with E-state index in [0.717, 1.165) is 0 Å². The summed E-state index contributed by atoms with van der Waals surface area (Å²) in [7, 11) is 0. The standard InChI is InChI=1S/C6H15N.2BrH.ClH.Cu/c1-4-7(5-2)6-3;;;;/h4-6H2,1-3H3;3*1H;/q;;;;+2/p-2. The zero-order valence-corrected chi connectivity index (χ0v) is 12.0. The molecule has 11 heavy (non-hydrogen) atoms. The van der Waals surface area contributed by atoms with Crippen LogP contribution in [0.2, 0.25) is 0 Å². The summed E-state index contributed by atoms with van der Waals surface area (Å²) in [5.74, 6) is 0. The van der Waals surface area contributed by atoms with Gasteiger partial charge in [-0.3, -0.25) is 0 Å². The maximum atomic E-state index is 2.97. The first-order chi connectivity index (χ1) is 4.76. The Hall–Kier alpha value is 1.73. The molecule has 0 heterocycles. The van der Waals surface area contributed by atoms with Crippen LogP contribution in [0.25, 0.3) is 0 Å². The molecule has 0 unspecified atom stereocenters. The number of hydrogen-bond acceptors (Lipinski definition) is 1. The van der Waals surface area contributed by atoms with E-state index in [-0.39, 0.29) is 12.4 Å². The van der Waals surface area contributed by atoms with E-state index in [2.05, 4.69) is 53.9 Å². The number of halogens is 3. The van der Waals surface area contributed by atoms with E-state index in [9.17, 15) is 0 Å². The first-order valence-electron chi connectivity index (χ1n) is 3.30. The molecule has 0 aromatic rings. The van der Waals surface area contributed by atoms with Crippen LogP contribution >= 0.6 is 40.6 Å². The summed E-state index contributed by atoms with van der Waals surface area (Å²) in [6.07, 6.45) is 0. The van der Waals surface area contributed by atoms with Crippen LogP contribution < -0.4 is 0 Å². The minimum absolute atomic E-state index is 0. The fraction of sp³-hybridized carbons (Fsp3) is 1.00. The number of nitrogens with zero attached hydrogens (tertiary/aromatic N) is 1. The van der Waals surface area contributed by atoms with E-state index in [1.54, 1.807) is 0 Å². The molecule has 0 aliphatic rings. The van der Waals surface area contributed by atoms with E-state index in [1.165, 1.54) is 31.0 Å². The summed E-state index contributed by atoms with van der Waals surface area (Å²) in [6.45, 7) is 10.1. The third-order valence-corrected chi connectivity index (χ3v) is 1.34. The van der Waals surface area contributed by atoms with Crippen molar-refractivity contribution in [2.45, 2.75) is 20.8 Å². The van der Waals surface area contributed by atoms with Crippen molar-refractivity contribution in [3.05, 3.63) is 0 Å². The summed E-state index contributed by atoms with van der Waals surface area (Å²) in [5.41, 5.74) is 0. The van der Waals surface area contributed by atoms with Gasteiger partial charge in [0, 0.05) is 0 Å². The van der Waals surface area contributed by atoms with Gasteiger partial charge in [0.15, 0.2) is 0 Å². The molecule has 0 rings (SSSR count). The third-order valence-electron chi connectivity index (χ3n) is 1.34. The van der Waals surface area contributed by atoms with Gasteiger partial charge in [-0.05, 0) is 19.6 Å². The quantitative estimate of drug-likeness (QED) is 0.697. The van der Waals surface area contributed by atoms with Gasteiger partial charge < -0.3 is 4.90 Å². The van der Waals surface area contributed by atoms with E-state index >= 15 is 0 Å². The van der Waals surface area contributed by atoms with Crippen LogP contribution in [0.1, 0.15) is 20.8 Å². The minimum atomic E-state index is 0. The number of hydrogen-bond donors (Lipinski definition) is 0. The van der Waals surface area contributed by atoms with E-state index in [0.29, 0.717) is 0 Å². The topological polar surface area (TPSA) is 3.24 Å². The molecule has 0 fully saturated rings. The molecule has 0 saturated carbocycles. The van der Waals surface area contributed by atoms with Gasteiger partial charge in [0.1, 0.15) is 0 Å². The molecule has 0 aromatic carbocycles. The summed E-state index contributed by atoms with van der Waals surface area (Å²) >= 11 is 7.38. The summed E-state index contributed by atoms with van der Waals surface area (Å²) in [6, 6.07) is 0. The van der Waals surface area contributed by atoms with Crippen LogP contribution in [0, 0.1) is 0 Å². The van der Waals surface area contributed by atoms with Crippen molar-refractivity contribution in [2.24, 2.45) is 0 Å². The predicted molar refractivity (Wildman–Crippen MR) is 58.6 cm³/mol. The Morgan fingerprint density at radius 1 is 1.00 bits per heavy atom. The Morgan fingerprint density at radius 2 is 1.18 bits per heavy atom. The van der Waals surface area contributed by atoms with Crippen molar-refractivity contribution in [2.75, 3.05) is 19.6 Å².